The number of hydrogen-bond acceptors (Lipinski definition) is 5. The summed E-state index contributed by atoms with van der Waals surface area (Å²) in [5, 5.41) is 23.2. The van der Waals surface area contributed by atoms with E-state index in [9.17, 15) is 9.59 Å². The number of nitrogens with zero attached hydrogens (tertiary/aromatic N) is 3. The summed E-state index contributed by atoms with van der Waals surface area (Å²) in [4.78, 5) is 25.5. The molecule has 0 radical (unpaired) electrons. The quantitative estimate of drug-likeness (QED) is 0.530. The van der Waals surface area contributed by atoms with Crippen LogP contribution in [0.1, 0.15) is 6.42 Å². The molecule has 0 bridgehead atoms. The topological polar surface area (TPSA) is 117 Å². The van der Waals surface area contributed by atoms with E-state index in [1.165, 1.54) is 17.3 Å². The molecule has 88 valence electrons. The Balaban J connectivity index is 2.33. The molecule has 1 heterocycles. The second-order valence-electron chi connectivity index (χ2n) is 3.05. The van der Waals surface area contributed by atoms with Crippen molar-refractivity contribution in [2.75, 3.05) is 6.61 Å². The van der Waals surface area contributed by atoms with Crippen LogP contribution in [0.2, 0.25) is 0 Å². The van der Waals surface area contributed by atoms with Crippen molar-refractivity contribution in [2.24, 2.45) is 0 Å². The van der Waals surface area contributed by atoms with Crippen LogP contribution in [0.5, 0.6) is 0 Å². The van der Waals surface area contributed by atoms with Gasteiger partial charge in [-0.05, 0) is 0 Å². The molecule has 0 aromatic carbocycles. The number of carbonyl (C=O) groups is 2. The lowest BCUT2D eigenvalue weighted by Gasteiger charge is -2.11. The van der Waals surface area contributed by atoms with E-state index in [2.05, 4.69) is 15.4 Å². The fourth-order valence-corrected chi connectivity index (χ4v) is 1.02. The smallest absolute Gasteiger partial charge is 0.328 e. The number of nitrogens with one attached hydrogen (secondary N) is 1. The number of amides is 1. The maximum atomic E-state index is 11.3. The van der Waals surface area contributed by atoms with E-state index in [0.29, 0.717) is 6.54 Å². The summed E-state index contributed by atoms with van der Waals surface area (Å²) in [6, 6.07) is -1.26. The van der Waals surface area contributed by atoms with Gasteiger partial charge in [0.1, 0.15) is 18.7 Å². The van der Waals surface area contributed by atoms with Crippen molar-refractivity contribution >= 4 is 11.9 Å². The van der Waals surface area contributed by atoms with Crippen molar-refractivity contribution in [1.82, 2.24) is 20.1 Å². The molecule has 16 heavy (non-hydrogen) atoms. The van der Waals surface area contributed by atoms with Gasteiger partial charge in [0.25, 0.3) is 0 Å². The Morgan fingerprint density at radius 2 is 2.25 bits per heavy atom. The minimum Gasteiger partial charge on any atom is -0.480 e. The monoisotopic (exact) mass is 228 g/mol. The molecule has 3 N–H and O–H groups in total. The van der Waals surface area contributed by atoms with Crippen LogP contribution in [0.15, 0.2) is 12.7 Å². The third-order valence-corrected chi connectivity index (χ3v) is 1.85. The fourth-order valence-electron chi connectivity index (χ4n) is 1.02. The van der Waals surface area contributed by atoms with Crippen molar-refractivity contribution in [3.63, 3.8) is 0 Å². The standard InChI is InChI=1S/C8H12N4O4/c13-3-6(8(15)16)11-7(14)1-2-12-5-9-4-10-12/h4-6,13H,1-3H2,(H,11,14)(H,15,16)/t6-/m1/s1. The summed E-state index contributed by atoms with van der Waals surface area (Å²) >= 11 is 0. The first kappa shape index (κ1) is 12.1. The Morgan fingerprint density at radius 1 is 1.50 bits per heavy atom. The van der Waals surface area contributed by atoms with Crippen LogP contribution >= 0.6 is 0 Å². The number of aliphatic carboxylic acids is 1. The lowest BCUT2D eigenvalue weighted by atomic mass is 10.3. The minimum absolute atomic E-state index is 0.0765. The maximum Gasteiger partial charge on any atom is 0.328 e. The van der Waals surface area contributed by atoms with E-state index in [1.807, 2.05) is 0 Å². The van der Waals surface area contributed by atoms with E-state index in [1.54, 1.807) is 0 Å². The second kappa shape index (κ2) is 5.81. The van der Waals surface area contributed by atoms with Crippen LogP contribution in [0.3, 0.4) is 0 Å². The number of hydrogen-bond donors (Lipinski definition) is 3. The number of rotatable bonds is 6. The van der Waals surface area contributed by atoms with Crippen molar-refractivity contribution in [3.8, 4) is 0 Å². The molecular formula is C8H12N4O4. The SMILES string of the molecule is O=C(CCn1cncn1)N[C@H](CO)C(=O)O. The molecule has 0 aliphatic rings. The predicted molar refractivity (Wildman–Crippen MR) is 51.3 cm³/mol. The van der Waals surface area contributed by atoms with Crippen LogP contribution in [-0.4, -0.2) is 49.5 Å². The Kier molecular flexibility index (Phi) is 4.40. The average Bonchev–Trinajstić information content (AvgIpc) is 2.75. The van der Waals surface area contributed by atoms with Crippen molar-refractivity contribution in [1.29, 1.82) is 0 Å². The molecule has 8 heteroatoms. The molecule has 0 spiro atoms. The van der Waals surface area contributed by atoms with Gasteiger partial charge in [-0.15, -0.1) is 0 Å². The van der Waals surface area contributed by atoms with Crippen LogP contribution in [0.25, 0.3) is 0 Å². The van der Waals surface area contributed by atoms with Crippen LogP contribution in [0, 0.1) is 0 Å². The van der Waals surface area contributed by atoms with E-state index in [-0.39, 0.29) is 6.42 Å². The summed E-state index contributed by atoms with van der Waals surface area (Å²) in [6.07, 6.45) is 2.87. The molecule has 0 fully saturated rings. The molecular weight excluding hydrogens is 216 g/mol. The number of carboxylic acid groups (broad SMARTS) is 1. The molecule has 0 saturated heterocycles. The highest BCUT2D eigenvalue weighted by Crippen LogP contribution is 1.90. The molecule has 1 atom stereocenters. The molecule has 1 amide bonds. The fraction of sp³-hybridized carbons (Fsp3) is 0.500. The molecule has 0 saturated carbocycles. The van der Waals surface area contributed by atoms with Crippen LogP contribution < -0.4 is 5.32 Å². The Morgan fingerprint density at radius 3 is 2.75 bits per heavy atom. The summed E-state index contributed by atoms with van der Waals surface area (Å²) in [5.74, 6) is -1.73. The predicted octanol–water partition coefficient (Wildman–Crippen LogP) is -1.77. The number of aromatic nitrogens is 3. The highest BCUT2D eigenvalue weighted by Gasteiger charge is 2.18. The van der Waals surface area contributed by atoms with E-state index >= 15 is 0 Å². The van der Waals surface area contributed by atoms with E-state index < -0.39 is 24.5 Å². The normalized spacial score (nSPS) is 12.1. The first-order valence-electron chi connectivity index (χ1n) is 4.59. The molecule has 0 unspecified atom stereocenters. The van der Waals surface area contributed by atoms with Crippen LogP contribution in [-0.2, 0) is 16.1 Å². The second-order valence-corrected chi connectivity index (χ2v) is 3.05. The Hall–Kier alpha value is -1.96. The Bertz CT molecular complexity index is 351. The van der Waals surface area contributed by atoms with Gasteiger partial charge in [-0.25, -0.2) is 9.78 Å². The number of aryl methyl sites for hydroxylation is 1. The van der Waals surface area contributed by atoms with Gasteiger partial charge in [-0.1, -0.05) is 0 Å². The summed E-state index contributed by atoms with van der Waals surface area (Å²) in [6.45, 7) is -0.325. The minimum atomic E-state index is -1.27. The molecule has 0 aliphatic carbocycles. The molecule has 0 aliphatic heterocycles. The van der Waals surface area contributed by atoms with Gasteiger partial charge in [0.05, 0.1) is 13.2 Å². The lowest BCUT2D eigenvalue weighted by molar-refractivity contribution is -0.143. The zero-order chi connectivity index (χ0) is 12.0. The number of carboxylic acids is 1. The summed E-state index contributed by atoms with van der Waals surface area (Å²) in [5.41, 5.74) is 0. The van der Waals surface area contributed by atoms with Gasteiger partial charge in [-0.2, -0.15) is 5.10 Å². The third-order valence-electron chi connectivity index (χ3n) is 1.85. The largest absolute Gasteiger partial charge is 0.480 e. The zero-order valence-electron chi connectivity index (χ0n) is 8.41. The van der Waals surface area contributed by atoms with Crippen LogP contribution in [0.4, 0.5) is 0 Å². The molecule has 8 nitrogen and oxygen atoms in total. The summed E-state index contributed by atoms with van der Waals surface area (Å²) in [7, 11) is 0. The van der Waals surface area contributed by atoms with Crippen molar-refractivity contribution in [2.45, 2.75) is 19.0 Å². The highest BCUT2D eigenvalue weighted by molar-refractivity contribution is 5.83. The van der Waals surface area contributed by atoms with Crippen molar-refractivity contribution < 1.29 is 19.8 Å². The van der Waals surface area contributed by atoms with E-state index in [4.69, 9.17) is 10.2 Å². The number of aliphatic hydroxyl groups excluding tert-OH is 1. The summed E-state index contributed by atoms with van der Waals surface area (Å²) < 4.78 is 1.45. The van der Waals surface area contributed by atoms with Gasteiger partial charge in [0.2, 0.25) is 5.91 Å². The van der Waals surface area contributed by atoms with E-state index in [0.717, 1.165) is 0 Å². The molecule has 1 aromatic heterocycles. The maximum absolute atomic E-state index is 11.3. The van der Waals surface area contributed by atoms with Gasteiger partial charge in [-0.3, -0.25) is 9.48 Å². The first-order valence-corrected chi connectivity index (χ1v) is 4.59. The Labute approximate surface area is 90.9 Å². The highest BCUT2D eigenvalue weighted by atomic mass is 16.4. The van der Waals surface area contributed by atoms with Gasteiger partial charge >= 0.3 is 5.97 Å². The lowest BCUT2D eigenvalue weighted by Crippen LogP contribution is -2.43. The third kappa shape index (κ3) is 3.65. The van der Waals surface area contributed by atoms with Crippen molar-refractivity contribution in [3.05, 3.63) is 12.7 Å². The van der Waals surface area contributed by atoms with Gasteiger partial charge < -0.3 is 15.5 Å². The molecule has 1 aromatic rings. The first-order chi connectivity index (χ1) is 7.63. The zero-order valence-corrected chi connectivity index (χ0v) is 8.41. The van der Waals surface area contributed by atoms with Gasteiger partial charge in [0, 0.05) is 6.42 Å². The number of carbonyl (C=O) groups excluding carboxylic acids is 1. The average molecular weight is 228 g/mol. The molecule has 1 rings (SSSR count). The van der Waals surface area contributed by atoms with Gasteiger partial charge in [0.15, 0.2) is 0 Å². The number of aliphatic hydroxyl groups is 1.